The van der Waals surface area contributed by atoms with E-state index in [9.17, 15) is 0 Å². The van der Waals surface area contributed by atoms with Crippen LogP contribution >= 0.6 is 0 Å². The van der Waals surface area contributed by atoms with E-state index in [1.54, 1.807) is 0 Å². The smallest absolute Gasteiger partial charge is 0.119 e. The fourth-order valence-electron chi connectivity index (χ4n) is 5.15. The van der Waals surface area contributed by atoms with E-state index < -0.39 is 0 Å². The minimum atomic E-state index is 0.794. The van der Waals surface area contributed by atoms with Gasteiger partial charge in [0.15, 0.2) is 0 Å². The van der Waals surface area contributed by atoms with Crippen molar-refractivity contribution in [2.24, 2.45) is 0 Å². The van der Waals surface area contributed by atoms with Crippen LogP contribution in [0.4, 0.5) is 0 Å². The van der Waals surface area contributed by atoms with Crippen LogP contribution in [0.25, 0.3) is 28.3 Å². The van der Waals surface area contributed by atoms with Crippen LogP contribution in [0, 0.1) is 0 Å². The SMILES string of the molecule is C=Cc1cc(-c2ccc(OCCCCCCCCC)cc2)ccc1-c1ccc(OCCCCCCCCC)cc1. The topological polar surface area (TPSA) is 18.5 Å². The lowest BCUT2D eigenvalue weighted by atomic mass is 9.95. The van der Waals surface area contributed by atoms with Crippen LogP contribution < -0.4 is 9.47 Å². The van der Waals surface area contributed by atoms with Crippen LogP contribution in [-0.4, -0.2) is 13.2 Å². The molecule has 0 amide bonds. The number of hydrogen-bond acceptors (Lipinski definition) is 2. The predicted octanol–water partition coefficient (Wildman–Crippen LogP) is 11.9. The molecule has 0 fully saturated rings. The minimum Gasteiger partial charge on any atom is -0.494 e. The first-order valence-corrected chi connectivity index (χ1v) is 16.0. The average Bonchev–Trinajstić information content (AvgIpc) is 3.00. The van der Waals surface area contributed by atoms with Crippen LogP contribution in [0.2, 0.25) is 0 Å². The van der Waals surface area contributed by atoms with E-state index in [4.69, 9.17) is 9.47 Å². The highest BCUT2D eigenvalue weighted by molar-refractivity contribution is 5.79. The first-order valence-electron chi connectivity index (χ1n) is 16.0. The largest absolute Gasteiger partial charge is 0.494 e. The molecule has 2 heteroatoms. The maximum atomic E-state index is 5.99. The molecule has 0 heterocycles. The van der Waals surface area contributed by atoms with E-state index in [-0.39, 0.29) is 0 Å². The molecule has 0 radical (unpaired) electrons. The van der Waals surface area contributed by atoms with Crippen molar-refractivity contribution in [2.75, 3.05) is 13.2 Å². The molecule has 3 rings (SSSR count). The summed E-state index contributed by atoms with van der Waals surface area (Å²) in [6.45, 7) is 10.2. The molecule has 0 aromatic heterocycles. The van der Waals surface area contributed by atoms with Gasteiger partial charge in [-0.2, -0.15) is 0 Å². The Labute approximate surface area is 244 Å². The molecule has 216 valence electrons. The number of unbranched alkanes of at least 4 members (excludes halogenated alkanes) is 12. The summed E-state index contributed by atoms with van der Waals surface area (Å²) in [7, 11) is 0. The lowest BCUT2D eigenvalue weighted by molar-refractivity contribution is 0.304. The quantitative estimate of drug-likeness (QED) is 0.125. The second kappa shape index (κ2) is 19.1. The zero-order valence-corrected chi connectivity index (χ0v) is 25.3. The Hall–Kier alpha value is -3.00. The average molecular weight is 541 g/mol. The Morgan fingerprint density at radius 2 is 0.925 bits per heavy atom. The summed E-state index contributed by atoms with van der Waals surface area (Å²) >= 11 is 0. The van der Waals surface area contributed by atoms with Crippen LogP contribution in [0.5, 0.6) is 11.5 Å². The fourth-order valence-corrected chi connectivity index (χ4v) is 5.15. The van der Waals surface area contributed by atoms with Crippen molar-refractivity contribution < 1.29 is 9.47 Å². The van der Waals surface area contributed by atoms with Gasteiger partial charge in [-0.1, -0.05) is 140 Å². The Kier molecular flexibility index (Phi) is 15.1. The van der Waals surface area contributed by atoms with Crippen LogP contribution in [0.15, 0.2) is 73.3 Å². The Balaban J connectivity index is 1.47. The molecule has 0 aliphatic carbocycles. The predicted molar refractivity (Wildman–Crippen MR) is 174 cm³/mol. The molecular formula is C38H52O2. The molecule has 0 atom stereocenters. The number of ether oxygens (including phenoxy) is 2. The number of benzene rings is 3. The number of hydrogen-bond donors (Lipinski definition) is 0. The molecule has 3 aromatic rings. The Morgan fingerprint density at radius 1 is 0.500 bits per heavy atom. The van der Waals surface area contributed by atoms with Gasteiger partial charge in [-0.3, -0.25) is 0 Å². The van der Waals surface area contributed by atoms with E-state index in [0.717, 1.165) is 43.1 Å². The Morgan fingerprint density at radius 3 is 1.40 bits per heavy atom. The molecule has 0 bridgehead atoms. The van der Waals surface area contributed by atoms with Crippen molar-refractivity contribution in [2.45, 2.75) is 104 Å². The molecule has 0 aliphatic rings. The van der Waals surface area contributed by atoms with Crippen molar-refractivity contribution in [3.8, 4) is 33.8 Å². The molecular weight excluding hydrogens is 488 g/mol. The summed E-state index contributed by atoms with van der Waals surface area (Å²) in [6.07, 6.45) is 20.1. The van der Waals surface area contributed by atoms with Crippen molar-refractivity contribution in [1.29, 1.82) is 0 Å². The first-order chi connectivity index (χ1) is 19.7. The van der Waals surface area contributed by atoms with Gasteiger partial charge in [0.1, 0.15) is 11.5 Å². The molecule has 0 aliphatic heterocycles. The molecule has 3 aromatic carbocycles. The van der Waals surface area contributed by atoms with Gasteiger partial charge in [0, 0.05) is 0 Å². The maximum absolute atomic E-state index is 5.99. The van der Waals surface area contributed by atoms with Gasteiger partial charge in [-0.05, 0) is 71.0 Å². The summed E-state index contributed by atoms with van der Waals surface area (Å²) < 4.78 is 12.0. The lowest BCUT2D eigenvalue weighted by Crippen LogP contribution is -1.97. The van der Waals surface area contributed by atoms with Gasteiger partial charge in [-0.15, -0.1) is 0 Å². The van der Waals surface area contributed by atoms with E-state index in [2.05, 4.69) is 87.2 Å². The van der Waals surface area contributed by atoms with Crippen molar-refractivity contribution in [3.05, 3.63) is 78.9 Å². The summed E-state index contributed by atoms with van der Waals surface area (Å²) in [4.78, 5) is 0. The molecule has 0 unspecified atom stereocenters. The van der Waals surface area contributed by atoms with Gasteiger partial charge in [0.25, 0.3) is 0 Å². The van der Waals surface area contributed by atoms with E-state index >= 15 is 0 Å². The Bertz CT molecular complexity index is 1080. The standard InChI is InChI=1S/C38H52O2/c1-4-7-9-11-13-15-17-29-39-36-24-19-33(20-25-36)35-23-28-38(32(6-3)31-35)34-21-26-37(27-22-34)40-30-18-16-14-12-10-8-5-2/h6,19-28,31H,3-5,7-18,29-30H2,1-2H3. The second-order valence-electron chi connectivity index (χ2n) is 11.0. The van der Waals surface area contributed by atoms with Crippen molar-refractivity contribution >= 4 is 6.08 Å². The zero-order chi connectivity index (χ0) is 28.3. The van der Waals surface area contributed by atoms with Crippen LogP contribution in [0.1, 0.15) is 109 Å². The van der Waals surface area contributed by atoms with Crippen LogP contribution in [0.3, 0.4) is 0 Å². The highest BCUT2D eigenvalue weighted by Gasteiger charge is 2.07. The third-order valence-electron chi connectivity index (χ3n) is 7.66. The van der Waals surface area contributed by atoms with Crippen molar-refractivity contribution in [3.63, 3.8) is 0 Å². The van der Waals surface area contributed by atoms with Gasteiger partial charge >= 0.3 is 0 Å². The highest BCUT2D eigenvalue weighted by Crippen LogP contribution is 2.31. The van der Waals surface area contributed by atoms with Gasteiger partial charge < -0.3 is 9.47 Å². The summed E-state index contributed by atoms with van der Waals surface area (Å²) in [6, 6.07) is 23.6. The third kappa shape index (κ3) is 11.2. The highest BCUT2D eigenvalue weighted by atomic mass is 16.5. The third-order valence-corrected chi connectivity index (χ3v) is 7.66. The van der Waals surface area contributed by atoms with E-state index in [1.807, 2.05) is 6.08 Å². The zero-order valence-electron chi connectivity index (χ0n) is 25.3. The van der Waals surface area contributed by atoms with Crippen LogP contribution in [-0.2, 0) is 0 Å². The molecule has 2 nitrogen and oxygen atoms in total. The summed E-state index contributed by atoms with van der Waals surface area (Å²) in [5.41, 5.74) is 5.87. The lowest BCUT2D eigenvalue weighted by Gasteiger charge is -2.12. The van der Waals surface area contributed by atoms with Crippen molar-refractivity contribution in [1.82, 2.24) is 0 Å². The monoisotopic (exact) mass is 540 g/mol. The number of rotatable bonds is 21. The fraction of sp³-hybridized carbons (Fsp3) is 0.474. The molecule has 0 spiro atoms. The molecule has 0 saturated carbocycles. The second-order valence-corrected chi connectivity index (χ2v) is 11.0. The van der Waals surface area contributed by atoms with Gasteiger partial charge in [-0.25, -0.2) is 0 Å². The normalized spacial score (nSPS) is 10.9. The van der Waals surface area contributed by atoms with Gasteiger partial charge in [0.05, 0.1) is 13.2 Å². The maximum Gasteiger partial charge on any atom is 0.119 e. The molecule has 0 N–H and O–H groups in total. The molecule has 0 saturated heterocycles. The summed E-state index contributed by atoms with van der Waals surface area (Å²) in [5.74, 6) is 1.89. The van der Waals surface area contributed by atoms with Gasteiger partial charge in [0.2, 0.25) is 0 Å². The minimum absolute atomic E-state index is 0.794. The van der Waals surface area contributed by atoms with E-state index in [1.165, 1.54) is 99.3 Å². The van der Waals surface area contributed by atoms with E-state index in [0.29, 0.717) is 0 Å². The first kappa shape index (κ1) is 31.5. The summed E-state index contributed by atoms with van der Waals surface area (Å²) in [5, 5.41) is 0. The molecule has 40 heavy (non-hydrogen) atoms.